The average molecular weight is 816 g/mol. The molecule has 2 saturated heterocycles. The molecule has 15 heteroatoms. The Bertz CT molecular complexity index is 1330. The molecule has 4 rings (SSSR count). The van der Waals surface area contributed by atoms with Crippen LogP contribution in [-0.2, 0) is 23.7 Å². The van der Waals surface area contributed by atoms with Crippen molar-refractivity contribution in [1.82, 2.24) is 0 Å². The average Bonchev–Trinajstić information content (AvgIpc) is 3.28. The molecule has 230 valence electrons. The summed E-state index contributed by atoms with van der Waals surface area (Å²) in [5.74, 6) is 0.418. The summed E-state index contributed by atoms with van der Waals surface area (Å²) in [6.07, 6.45) is -4.55. The largest absolute Gasteiger partial charge is 0.493 e. The monoisotopic (exact) mass is 816 g/mol. The summed E-state index contributed by atoms with van der Waals surface area (Å²) in [5.41, 5.74) is 0.333. The van der Waals surface area contributed by atoms with Crippen LogP contribution in [0.5, 0.6) is 34.5 Å². The topological polar surface area (TPSA) is 136 Å². The van der Waals surface area contributed by atoms with Crippen molar-refractivity contribution < 1.29 is 61.7 Å². The zero-order valence-electron chi connectivity index (χ0n) is 23.8. The van der Waals surface area contributed by atoms with Gasteiger partial charge in [-0.25, -0.2) is 9.59 Å². The Kier molecular flexibility index (Phi) is 10.7. The molecule has 2 heterocycles. The number of benzene rings is 2. The minimum atomic E-state index is -1.09. The first-order valence-electron chi connectivity index (χ1n) is 12.4. The second-order valence-corrected chi connectivity index (χ2v) is 11.0. The third-order valence-corrected chi connectivity index (χ3v) is 8.88. The van der Waals surface area contributed by atoms with Crippen LogP contribution < -0.4 is 28.4 Å². The molecule has 2 aliphatic heterocycles. The molecule has 3 unspecified atom stereocenters. The lowest BCUT2D eigenvalue weighted by Gasteiger charge is -2.38. The van der Waals surface area contributed by atoms with Crippen molar-refractivity contribution in [3.05, 3.63) is 30.4 Å². The first-order valence-corrected chi connectivity index (χ1v) is 14.5. The SMILES string of the molecule is COc1cc(C(=O)OC2C3OCC(O[C@@H]2OC)[C@H]3OC(=O)c2cc(OC)c(OC)c(OC)c2I)c(I)c(OC)c1OC. The van der Waals surface area contributed by atoms with Crippen molar-refractivity contribution in [3.63, 3.8) is 0 Å². The van der Waals surface area contributed by atoms with Crippen LogP contribution >= 0.6 is 45.2 Å². The van der Waals surface area contributed by atoms with E-state index in [2.05, 4.69) is 0 Å². The van der Waals surface area contributed by atoms with E-state index < -0.39 is 42.6 Å². The molecule has 0 aromatic heterocycles. The van der Waals surface area contributed by atoms with Gasteiger partial charge in [-0.3, -0.25) is 0 Å². The van der Waals surface area contributed by atoms with Crippen LogP contribution in [0.25, 0.3) is 0 Å². The minimum Gasteiger partial charge on any atom is -0.493 e. The lowest BCUT2D eigenvalue weighted by Crippen LogP contribution is -2.56. The van der Waals surface area contributed by atoms with E-state index in [0.29, 0.717) is 30.1 Å². The van der Waals surface area contributed by atoms with E-state index in [-0.39, 0.29) is 29.2 Å². The van der Waals surface area contributed by atoms with Gasteiger partial charge < -0.3 is 52.1 Å². The van der Waals surface area contributed by atoms with Crippen molar-refractivity contribution in [1.29, 1.82) is 0 Å². The molecule has 0 N–H and O–H groups in total. The highest BCUT2D eigenvalue weighted by Crippen LogP contribution is 2.45. The number of methoxy groups -OCH3 is 7. The smallest absolute Gasteiger partial charge is 0.340 e. The van der Waals surface area contributed by atoms with Crippen molar-refractivity contribution in [3.8, 4) is 34.5 Å². The number of fused-ring (bicyclic) bond motifs is 2. The number of hydrogen-bond donors (Lipinski definition) is 0. The van der Waals surface area contributed by atoms with E-state index in [1.165, 1.54) is 61.9 Å². The molecule has 0 aliphatic carbocycles. The van der Waals surface area contributed by atoms with Crippen molar-refractivity contribution in [2.75, 3.05) is 56.4 Å². The number of hydrogen-bond acceptors (Lipinski definition) is 13. The highest BCUT2D eigenvalue weighted by molar-refractivity contribution is 14.1. The van der Waals surface area contributed by atoms with Crippen LogP contribution in [0.15, 0.2) is 12.1 Å². The second-order valence-electron chi connectivity index (χ2n) is 8.83. The summed E-state index contributed by atoms with van der Waals surface area (Å²) in [4.78, 5) is 27.0. The molecular formula is C27H30I2O13. The van der Waals surface area contributed by atoms with Crippen molar-refractivity contribution in [2.45, 2.75) is 30.7 Å². The van der Waals surface area contributed by atoms with Crippen molar-refractivity contribution >= 4 is 57.1 Å². The number of esters is 2. The van der Waals surface area contributed by atoms with Gasteiger partial charge in [0.25, 0.3) is 0 Å². The van der Waals surface area contributed by atoms with Gasteiger partial charge >= 0.3 is 11.9 Å². The highest BCUT2D eigenvalue weighted by Gasteiger charge is 2.56. The van der Waals surface area contributed by atoms with Crippen LogP contribution in [0, 0.1) is 7.14 Å². The molecule has 0 amide bonds. The molecule has 2 bridgehead atoms. The Hall–Kier alpha value is -2.48. The molecule has 0 radical (unpaired) electrons. The van der Waals surface area contributed by atoms with E-state index in [0.717, 1.165) is 0 Å². The minimum absolute atomic E-state index is 0.0879. The normalized spacial score (nSPS) is 22.6. The maximum Gasteiger partial charge on any atom is 0.340 e. The first kappa shape index (κ1) is 32.4. The van der Waals surface area contributed by atoms with Gasteiger partial charge in [-0.1, -0.05) is 0 Å². The third kappa shape index (κ3) is 5.85. The molecule has 13 nitrogen and oxygen atoms in total. The van der Waals surface area contributed by atoms with E-state index in [4.69, 9.17) is 52.1 Å². The van der Waals surface area contributed by atoms with Crippen LogP contribution in [0.3, 0.4) is 0 Å². The number of carbonyl (C=O) groups excluding carboxylic acids is 2. The van der Waals surface area contributed by atoms with Gasteiger partial charge in [0.05, 0.1) is 67.5 Å². The maximum absolute atomic E-state index is 13.5. The summed E-state index contributed by atoms with van der Waals surface area (Å²) in [7, 11) is 10.1. The summed E-state index contributed by atoms with van der Waals surface area (Å²) >= 11 is 3.93. The van der Waals surface area contributed by atoms with Gasteiger partial charge in [-0.2, -0.15) is 0 Å². The number of carbonyl (C=O) groups is 2. The fraction of sp³-hybridized carbons (Fsp3) is 0.481. The van der Waals surface area contributed by atoms with Crippen LogP contribution in [0.4, 0.5) is 0 Å². The highest BCUT2D eigenvalue weighted by atomic mass is 127. The van der Waals surface area contributed by atoms with Gasteiger partial charge in [0.1, 0.15) is 12.2 Å². The second kappa shape index (κ2) is 13.9. The molecule has 0 spiro atoms. The molecule has 2 aromatic rings. The first-order chi connectivity index (χ1) is 20.2. The van der Waals surface area contributed by atoms with E-state index in [1.807, 2.05) is 45.2 Å². The molecular weight excluding hydrogens is 786 g/mol. The van der Waals surface area contributed by atoms with Crippen molar-refractivity contribution in [2.24, 2.45) is 0 Å². The predicted octanol–water partition coefficient (Wildman–Crippen LogP) is 3.47. The third-order valence-electron chi connectivity index (χ3n) is 6.74. The Balaban J connectivity index is 1.63. The fourth-order valence-corrected chi connectivity index (χ4v) is 6.46. The standard InChI is InChI=1S/C27H30I2O13/c1-32-13-8-11(16(28)21(36-5)18(13)34-3)25(30)41-20-15-10-39-23(20)24(27(38-7)40-15)42-26(31)12-9-14(33-2)19(35-4)22(37-6)17(12)29/h8-9,15,20,23-24,27H,10H2,1-7H3/t15?,20-,23?,24?,27+/m1/s1. The number of rotatable bonds is 11. The van der Waals surface area contributed by atoms with Gasteiger partial charge in [0.2, 0.25) is 11.5 Å². The molecule has 0 saturated carbocycles. The van der Waals surface area contributed by atoms with Crippen LogP contribution in [-0.4, -0.2) is 99.0 Å². The molecule has 2 aliphatic rings. The summed E-state index contributed by atoms with van der Waals surface area (Å²) in [5, 5.41) is 0. The van der Waals surface area contributed by atoms with Gasteiger partial charge in [0.15, 0.2) is 41.5 Å². The molecule has 2 aromatic carbocycles. The maximum atomic E-state index is 13.5. The molecule has 5 atom stereocenters. The number of halogens is 2. The lowest BCUT2D eigenvalue weighted by molar-refractivity contribution is -0.252. The predicted molar refractivity (Wildman–Crippen MR) is 161 cm³/mol. The molecule has 2 fully saturated rings. The quantitative estimate of drug-likeness (QED) is 0.242. The van der Waals surface area contributed by atoms with Gasteiger partial charge in [-0.15, -0.1) is 0 Å². The Morgan fingerprint density at radius 1 is 0.690 bits per heavy atom. The Morgan fingerprint density at radius 3 is 1.55 bits per heavy atom. The Morgan fingerprint density at radius 2 is 1.14 bits per heavy atom. The van der Waals surface area contributed by atoms with Gasteiger partial charge in [0, 0.05) is 7.11 Å². The fourth-order valence-electron chi connectivity index (χ4n) is 4.78. The Labute approximate surface area is 269 Å². The zero-order valence-corrected chi connectivity index (χ0v) is 28.1. The number of ether oxygens (including phenoxy) is 11. The lowest BCUT2D eigenvalue weighted by atomic mass is 10.0. The van der Waals surface area contributed by atoms with E-state index in [9.17, 15) is 9.59 Å². The van der Waals surface area contributed by atoms with Crippen LogP contribution in [0.2, 0.25) is 0 Å². The van der Waals surface area contributed by atoms with E-state index >= 15 is 0 Å². The summed E-state index contributed by atoms with van der Waals surface area (Å²) in [6.45, 7) is 0.0879. The summed E-state index contributed by atoms with van der Waals surface area (Å²) < 4.78 is 62.6. The van der Waals surface area contributed by atoms with Gasteiger partial charge in [-0.05, 0) is 57.3 Å². The zero-order chi connectivity index (χ0) is 30.7. The molecule has 42 heavy (non-hydrogen) atoms. The summed E-state index contributed by atoms with van der Waals surface area (Å²) in [6, 6.07) is 2.99. The van der Waals surface area contributed by atoms with Crippen LogP contribution in [0.1, 0.15) is 20.7 Å². The van der Waals surface area contributed by atoms with E-state index in [1.54, 1.807) is 0 Å².